The van der Waals surface area contributed by atoms with E-state index in [1.165, 1.54) is 22.9 Å². The van der Waals surface area contributed by atoms with E-state index in [4.69, 9.17) is 0 Å². The van der Waals surface area contributed by atoms with Crippen LogP contribution in [0.2, 0.25) is 0 Å². The normalized spacial score (nSPS) is 9.94. The van der Waals surface area contributed by atoms with Crippen LogP contribution in [0.15, 0.2) is 53.5 Å². The Balaban J connectivity index is 2.21. The van der Waals surface area contributed by atoms with E-state index in [-0.39, 0.29) is 11.5 Å². The molecule has 0 radical (unpaired) electrons. The van der Waals surface area contributed by atoms with Crippen molar-refractivity contribution < 1.29 is 4.79 Å². The summed E-state index contributed by atoms with van der Waals surface area (Å²) >= 11 is 0. The highest BCUT2D eigenvalue weighted by molar-refractivity contribution is 6.03. The topological polar surface area (TPSA) is 51.1 Å². The Bertz CT molecular complexity index is 588. The van der Waals surface area contributed by atoms with Crippen LogP contribution in [-0.4, -0.2) is 10.5 Å². The first-order valence-corrected chi connectivity index (χ1v) is 5.20. The second-order valence-electron chi connectivity index (χ2n) is 3.69. The number of para-hydroxylation sites is 1. The predicted octanol–water partition coefficient (Wildman–Crippen LogP) is 1.64. The van der Waals surface area contributed by atoms with Gasteiger partial charge in [0.05, 0.1) is 5.56 Å². The van der Waals surface area contributed by atoms with E-state index in [1.807, 2.05) is 18.2 Å². The second-order valence-corrected chi connectivity index (χ2v) is 3.69. The van der Waals surface area contributed by atoms with Crippen molar-refractivity contribution in [3.05, 3.63) is 64.6 Å². The summed E-state index contributed by atoms with van der Waals surface area (Å²) in [7, 11) is 1.61. The number of rotatable bonds is 2. The molecule has 0 spiro atoms. The molecule has 4 nitrogen and oxygen atoms in total. The number of nitrogens with one attached hydrogen (secondary N) is 1. The molecule has 0 bridgehead atoms. The van der Waals surface area contributed by atoms with E-state index in [2.05, 4.69) is 5.32 Å². The van der Waals surface area contributed by atoms with Crippen LogP contribution in [0.4, 0.5) is 5.69 Å². The maximum Gasteiger partial charge on any atom is 0.257 e. The Hall–Kier alpha value is -2.36. The Labute approximate surface area is 98.5 Å². The Morgan fingerprint density at radius 1 is 1.12 bits per heavy atom. The molecule has 0 aliphatic heterocycles. The quantitative estimate of drug-likeness (QED) is 0.849. The average molecular weight is 228 g/mol. The number of carbonyl (C=O) groups excluding carboxylic acids is 1. The lowest BCUT2D eigenvalue weighted by molar-refractivity contribution is 0.102. The summed E-state index contributed by atoms with van der Waals surface area (Å²) in [4.78, 5) is 23.0. The van der Waals surface area contributed by atoms with Gasteiger partial charge in [0, 0.05) is 25.0 Å². The van der Waals surface area contributed by atoms with Gasteiger partial charge in [0.15, 0.2) is 0 Å². The molecule has 0 aliphatic rings. The molecule has 2 aromatic rings. The molecule has 1 aromatic carbocycles. The molecule has 0 fully saturated rings. The van der Waals surface area contributed by atoms with E-state index in [9.17, 15) is 9.59 Å². The van der Waals surface area contributed by atoms with Gasteiger partial charge in [-0.2, -0.15) is 0 Å². The van der Waals surface area contributed by atoms with Gasteiger partial charge >= 0.3 is 0 Å². The van der Waals surface area contributed by atoms with Gasteiger partial charge in [-0.15, -0.1) is 0 Å². The van der Waals surface area contributed by atoms with Gasteiger partial charge in [0.1, 0.15) is 0 Å². The molecule has 4 heteroatoms. The molecule has 0 atom stereocenters. The molecule has 0 saturated heterocycles. The fourth-order valence-electron chi connectivity index (χ4n) is 1.45. The molecular weight excluding hydrogens is 216 g/mol. The number of aryl methyl sites for hydroxylation is 1. The summed E-state index contributed by atoms with van der Waals surface area (Å²) < 4.78 is 1.37. The van der Waals surface area contributed by atoms with Gasteiger partial charge < -0.3 is 9.88 Å². The Kier molecular flexibility index (Phi) is 3.05. The van der Waals surface area contributed by atoms with Crippen LogP contribution in [0.5, 0.6) is 0 Å². The zero-order chi connectivity index (χ0) is 12.3. The minimum atomic E-state index is -0.230. The lowest BCUT2D eigenvalue weighted by Gasteiger charge is -2.05. The molecule has 1 heterocycles. The molecule has 86 valence electrons. The number of aromatic nitrogens is 1. The number of hydrogen-bond donors (Lipinski definition) is 1. The van der Waals surface area contributed by atoms with Crippen LogP contribution >= 0.6 is 0 Å². The van der Waals surface area contributed by atoms with Crippen molar-refractivity contribution in [1.82, 2.24) is 4.57 Å². The Morgan fingerprint density at radius 2 is 1.82 bits per heavy atom. The fourth-order valence-corrected chi connectivity index (χ4v) is 1.45. The maximum absolute atomic E-state index is 11.9. The lowest BCUT2D eigenvalue weighted by Crippen LogP contribution is -2.19. The summed E-state index contributed by atoms with van der Waals surface area (Å²) in [5.74, 6) is -0.230. The van der Waals surface area contributed by atoms with Gasteiger partial charge in [-0.05, 0) is 18.2 Å². The van der Waals surface area contributed by atoms with E-state index in [1.54, 1.807) is 19.2 Å². The van der Waals surface area contributed by atoms with E-state index in [0.29, 0.717) is 5.56 Å². The van der Waals surface area contributed by atoms with Crippen LogP contribution in [0.1, 0.15) is 10.4 Å². The molecule has 1 N–H and O–H groups in total. The number of amides is 1. The van der Waals surface area contributed by atoms with Gasteiger partial charge in [-0.3, -0.25) is 9.59 Å². The minimum absolute atomic E-state index is 0.138. The van der Waals surface area contributed by atoms with Crippen LogP contribution in [0, 0.1) is 0 Å². The third-order valence-electron chi connectivity index (χ3n) is 2.38. The summed E-state index contributed by atoms with van der Waals surface area (Å²) in [6.07, 6.45) is 1.51. The van der Waals surface area contributed by atoms with E-state index in [0.717, 1.165) is 5.69 Å². The van der Waals surface area contributed by atoms with Crippen LogP contribution < -0.4 is 10.9 Å². The first kappa shape index (κ1) is 11.1. The number of benzene rings is 1. The van der Waals surface area contributed by atoms with Crippen molar-refractivity contribution in [2.45, 2.75) is 0 Å². The van der Waals surface area contributed by atoms with Crippen LogP contribution in [0.25, 0.3) is 0 Å². The molecule has 1 aromatic heterocycles. The predicted molar refractivity (Wildman–Crippen MR) is 66.1 cm³/mol. The fraction of sp³-hybridized carbons (Fsp3) is 0.0769. The van der Waals surface area contributed by atoms with Crippen LogP contribution in [0.3, 0.4) is 0 Å². The zero-order valence-corrected chi connectivity index (χ0v) is 9.38. The minimum Gasteiger partial charge on any atom is -0.322 e. The van der Waals surface area contributed by atoms with Crippen molar-refractivity contribution in [2.75, 3.05) is 5.32 Å². The van der Waals surface area contributed by atoms with Crippen molar-refractivity contribution >= 4 is 11.6 Å². The molecular formula is C13H12N2O2. The smallest absolute Gasteiger partial charge is 0.257 e. The molecule has 0 saturated carbocycles. The first-order chi connectivity index (χ1) is 8.16. The molecule has 0 aliphatic carbocycles. The van der Waals surface area contributed by atoms with E-state index >= 15 is 0 Å². The monoisotopic (exact) mass is 228 g/mol. The van der Waals surface area contributed by atoms with Crippen molar-refractivity contribution in [2.24, 2.45) is 7.05 Å². The standard InChI is InChI=1S/C13H12N2O2/c1-15-9-10(7-8-12(15)16)13(17)14-11-5-3-2-4-6-11/h2-9H,1H3,(H,14,17). The van der Waals surface area contributed by atoms with Gasteiger partial charge in [-0.25, -0.2) is 0 Å². The van der Waals surface area contributed by atoms with Crippen molar-refractivity contribution in [3.63, 3.8) is 0 Å². The highest BCUT2D eigenvalue weighted by Crippen LogP contribution is 2.07. The highest BCUT2D eigenvalue weighted by atomic mass is 16.2. The lowest BCUT2D eigenvalue weighted by atomic mass is 10.2. The van der Waals surface area contributed by atoms with Gasteiger partial charge in [0.25, 0.3) is 5.91 Å². The zero-order valence-electron chi connectivity index (χ0n) is 9.38. The SMILES string of the molecule is Cn1cc(C(=O)Nc2ccccc2)ccc1=O. The molecule has 17 heavy (non-hydrogen) atoms. The second kappa shape index (κ2) is 4.65. The first-order valence-electron chi connectivity index (χ1n) is 5.20. The number of carbonyl (C=O) groups is 1. The third kappa shape index (κ3) is 2.60. The Morgan fingerprint density at radius 3 is 2.47 bits per heavy atom. The number of nitrogens with zero attached hydrogens (tertiary/aromatic N) is 1. The number of hydrogen-bond acceptors (Lipinski definition) is 2. The summed E-state index contributed by atoms with van der Waals surface area (Å²) in [5.41, 5.74) is 1.04. The third-order valence-corrected chi connectivity index (χ3v) is 2.38. The summed E-state index contributed by atoms with van der Waals surface area (Å²) in [6.45, 7) is 0. The van der Waals surface area contributed by atoms with Gasteiger partial charge in [-0.1, -0.05) is 18.2 Å². The highest BCUT2D eigenvalue weighted by Gasteiger charge is 2.06. The molecule has 0 unspecified atom stereocenters. The summed E-state index contributed by atoms with van der Waals surface area (Å²) in [5, 5.41) is 2.75. The van der Waals surface area contributed by atoms with Crippen molar-refractivity contribution in [3.8, 4) is 0 Å². The van der Waals surface area contributed by atoms with Crippen molar-refractivity contribution in [1.29, 1.82) is 0 Å². The number of anilines is 1. The molecule has 2 rings (SSSR count). The number of pyridine rings is 1. The van der Waals surface area contributed by atoms with Gasteiger partial charge in [0.2, 0.25) is 5.56 Å². The summed E-state index contributed by atoms with van der Waals surface area (Å²) in [6, 6.07) is 12.1. The largest absolute Gasteiger partial charge is 0.322 e. The molecule has 1 amide bonds. The maximum atomic E-state index is 11.9. The van der Waals surface area contributed by atoms with E-state index < -0.39 is 0 Å². The average Bonchev–Trinajstić information content (AvgIpc) is 2.34. The van der Waals surface area contributed by atoms with Crippen LogP contribution in [-0.2, 0) is 7.05 Å².